The number of amides is 4. The molecule has 4 N–H and O–H groups in total. The van der Waals surface area contributed by atoms with Crippen LogP contribution in [0.1, 0.15) is 79.6 Å². The number of aliphatic hydroxyl groups excluding tert-OH is 1. The Morgan fingerprint density at radius 2 is 1.55 bits per heavy atom. The van der Waals surface area contributed by atoms with Crippen molar-refractivity contribution in [1.82, 2.24) is 30.8 Å². The van der Waals surface area contributed by atoms with Crippen LogP contribution in [-0.2, 0) is 22.6 Å². The van der Waals surface area contributed by atoms with Crippen molar-refractivity contribution >= 4 is 40.7 Å². The normalized spacial score (nSPS) is 13.8. The molecule has 4 aromatic rings. The molecule has 4 amide bonds. The fraction of sp³-hybridized carbons (Fsp3) is 0.447. The minimum absolute atomic E-state index is 0.0729. The molecule has 0 fully saturated rings. The summed E-state index contributed by atoms with van der Waals surface area (Å²) in [4.78, 5) is 51.2. The van der Waals surface area contributed by atoms with Crippen LogP contribution in [-0.4, -0.2) is 75.8 Å². The SMILES string of the molecule is CC(C)c1nc(CCN(C)C(=O)N[C@H](C(=O)N[C@@H](C[C@H](O)[C@H](C)NC(=O)OCc2cncs2)C(c2ccccc2)c2ccccc2)C(C)C)cs1. The summed E-state index contributed by atoms with van der Waals surface area (Å²) in [5.41, 5.74) is 4.48. The molecule has 0 unspecified atom stereocenters. The Kier molecular flexibility index (Phi) is 15.0. The first kappa shape index (κ1) is 39.5. The van der Waals surface area contributed by atoms with Gasteiger partial charge in [-0.05, 0) is 30.4 Å². The molecule has 0 bridgehead atoms. The van der Waals surface area contributed by atoms with Gasteiger partial charge in [-0.2, -0.15) is 0 Å². The average Bonchev–Trinajstić information content (AvgIpc) is 3.82. The van der Waals surface area contributed by atoms with Gasteiger partial charge in [0.1, 0.15) is 12.6 Å². The molecule has 4 rings (SSSR count). The second-order valence-corrected chi connectivity index (χ2v) is 15.2. The monoisotopic (exact) mass is 734 g/mol. The largest absolute Gasteiger partial charge is 0.444 e. The fourth-order valence-electron chi connectivity index (χ4n) is 5.63. The highest BCUT2D eigenvalue weighted by Crippen LogP contribution is 2.31. The number of alkyl carbamates (subject to hydrolysis) is 1. The van der Waals surface area contributed by atoms with Crippen molar-refractivity contribution in [3.8, 4) is 0 Å². The lowest BCUT2D eigenvalue weighted by Gasteiger charge is -2.34. The summed E-state index contributed by atoms with van der Waals surface area (Å²) in [7, 11) is 1.71. The maximum Gasteiger partial charge on any atom is 0.407 e. The summed E-state index contributed by atoms with van der Waals surface area (Å²) >= 11 is 3.00. The molecule has 0 aliphatic rings. The van der Waals surface area contributed by atoms with Gasteiger partial charge in [0.05, 0.1) is 33.2 Å². The third-order valence-electron chi connectivity index (χ3n) is 8.64. The number of carbonyl (C=O) groups is 3. The van der Waals surface area contributed by atoms with E-state index in [2.05, 4.69) is 39.8 Å². The van der Waals surface area contributed by atoms with Crippen molar-refractivity contribution < 1.29 is 24.2 Å². The molecule has 0 saturated carbocycles. The number of benzene rings is 2. The van der Waals surface area contributed by atoms with E-state index in [9.17, 15) is 19.5 Å². The number of urea groups is 1. The van der Waals surface area contributed by atoms with Crippen molar-refractivity contribution in [2.45, 2.75) is 90.1 Å². The van der Waals surface area contributed by atoms with E-state index >= 15 is 0 Å². The van der Waals surface area contributed by atoms with Crippen molar-refractivity contribution in [2.75, 3.05) is 13.6 Å². The molecular formula is C38H50N6O5S2. The van der Waals surface area contributed by atoms with E-state index < -0.39 is 30.3 Å². The van der Waals surface area contributed by atoms with Gasteiger partial charge in [-0.3, -0.25) is 9.78 Å². The standard InChI is InChI=1S/C38H50N6O5S2/c1-24(2)34(43-37(47)44(6)18-17-29-22-50-36(41-29)25(3)4)35(46)42-31(33(27-13-9-7-10-14-27)28-15-11-8-12-16-28)19-32(45)26(5)40-38(48)49-21-30-20-39-23-51-30/h7-16,20,22-26,31-34,45H,17-19,21H2,1-6H3,(H,40,48)(H,42,46)(H,43,47)/t26-,31-,32-,34-/m0/s1. The van der Waals surface area contributed by atoms with Gasteiger partial charge < -0.3 is 30.7 Å². The molecule has 4 atom stereocenters. The molecule has 0 aliphatic carbocycles. The summed E-state index contributed by atoms with van der Waals surface area (Å²) in [5, 5.41) is 23.4. The number of carbonyl (C=O) groups excluding carboxylic acids is 3. The summed E-state index contributed by atoms with van der Waals surface area (Å²) in [6.07, 6.45) is 0.612. The molecular weight excluding hydrogens is 685 g/mol. The van der Waals surface area contributed by atoms with E-state index in [1.807, 2.05) is 79.9 Å². The Hall–Kier alpha value is -4.33. The highest BCUT2D eigenvalue weighted by atomic mass is 32.1. The molecule has 274 valence electrons. The van der Waals surface area contributed by atoms with Crippen molar-refractivity contribution in [2.24, 2.45) is 5.92 Å². The van der Waals surface area contributed by atoms with E-state index in [0.717, 1.165) is 26.7 Å². The zero-order chi connectivity index (χ0) is 36.9. The molecule has 0 spiro atoms. The summed E-state index contributed by atoms with van der Waals surface area (Å²) < 4.78 is 5.32. The first-order valence-electron chi connectivity index (χ1n) is 17.3. The molecule has 11 nitrogen and oxygen atoms in total. The van der Waals surface area contributed by atoms with Crippen LogP contribution >= 0.6 is 22.7 Å². The van der Waals surface area contributed by atoms with Gasteiger partial charge in [-0.15, -0.1) is 22.7 Å². The topological polar surface area (TPSA) is 146 Å². The van der Waals surface area contributed by atoms with Crippen molar-refractivity contribution in [3.63, 3.8) is 0 Å². The maximum absolute atomic E-state index is 14.2. The first-order chi connectivity index (χ1) is 24.4. The van der Waals surface area contributed by atoms with E-state index in [0.29, 0.717) is 18.9 Å². The van der Waals surface area contributed by atoms with E-state index in [1.54, 1.807) is 41.9 Å². The van der Waals surface area contributed by atoms with Gasteiger partial charge in [-0.25, -0.2) is 14.6 Å². The number of nitrogens with zero attached hydrogens (tertiary/aromatic N) is 3. The van der Waals surface area contributed by atoms with Crippen LogP contribution in [0.2, 0.25) is 0 Å². The van der Waals surface area contributed by atoms with E-state index in [4.69, 9.17) is 4.74 Å². The Balaban J connectivity index is 1.51. The van der Waals surface area contributed by atoms with Crippen LogP contribution in [0.3, 0.4) is 0 Å². The highest BCUT2D eigenvalue weighted by Gasteiger charge is 2.34. The van der Waals surface area contributed by atoms with Crippen LogP contribution in [0.5, 0.6) is 0 Å². The zero-order valence-corrected chi connectivity index (χ0v) is 31.7. The lowest BCUT2D eigenvalue weighted by atomic mass is 9.81. The molecule has 0 aliphatic heterocycles. The minimum Gasteiger partial charge on any atom is -0.444 e. The van der Waals surface area contributed by atoms with Gasteiger partial charge in [0, 0.05) is 49.5 Å². The van der Waals surface area contributed by atoms with Crippen molar-refractivity contribution in [1.29, 1.82) is 0 Å². The molecule has 2 heterocycles. The molecule has 2 aromatic heterocycles. The number of hydrogen-bond acceptors (Lipinski definition) is 9. The quantitative estimate of drug-likeness (QED) is 0.0995. The second kappa shape index (κ2) is 19.3. The predicted octanol–water partition coefficient (Wildman–Crippen LogP) is 6.31. The average molecular weight is 735 g/mol. The van der Waals surface area contributed by atoms with Gasteiger partial charge in [-0.1, -0.05) is 88.4 Å². The summed E-state index contributed by atoms with van der Waals surface area (Å²) in [5.74, 6) is -0.609. The number of nitrogens with one attached hydrogen (secondary N) is 3. The Labute approximate surface area is 308 Å². The smallest absolute Gasteiger partial charge is 0.407 e. The number of likely N-dealkylation sites (N-methyl/N-ethyl adjacent to an activating group) is 1. The lowest BCUT2D eigenvalue weighted by molar-refractivity contribution is -0.125. The summed E-state index contributed by atoms with van der Waals surface area (Å²) in [6, 6.07) is 17.0. The molecule has 51 heavy (non-hydrogen) atoms. The zero-order valence-electron chi connectivity index (χ0n) is 30.1. The van der Waals surface area contributed by atoms with Gasteiger partial charge in [0.15, 0.2) is 0 Å². The Morgan fingerprint density at radius 1 is 0.902 bits per heavy atom. The van der Waals surface area contributed by atoms with Crippen LogP contribution in [0.15, 0.2) is 77.8 Å². The predicted molar refractivity (Wildman–Crippen MR) is 202 cm³/mol. The number of rotatable bonds is 17. The van der Waals surface area contributed by atoms with E-state index in [1.165, 1.54) is 11.3 Å². The third kappa shape index (κ3) is 11.9. The molecule has 0 radical (unpaired) electrons. The number of ether oxygens (including phenoxy) is 1. The van der Waals surface area contributed by atoms with Crippen LogP contribution in [0.4, 0.5) is 9.59 Å². The van der Waals surface area contributed by atoms with Gasteiger partial charge >= 0.3 is 12.1 Å². The molecule has 2 aromatic carbocycles. The number of hydrogen-bond donors (Lipinski definition) is 4. The van der Waals surface area contributed by atoms with Crippen molar-refractivity contribution in [3.05, 3.63) is 104 Å². The van der Waals surface area contributed by atoms with Crippen LogP contribution in [0, 0.1) is 5.92 Å². The van der Waals surface area contributed by atoms with Gasteiger partial charge in [0.25, 0.3) is 0 Å². The van der Waals surface area contributed by atoms with E-state index in [-0.39, 0.29) is 36.8 Å². The molecule has 0 saturated heterocycles. The number of thiazole rings is 2. The van der Waals surface area contributed by atoms with Crippen LogP contribution < -0.4 is 16.0 Å². The Bertz CT molecular complexity index is 1610. The first-order valence-corrected chi connectivity index (χ1v) is 19.0. The fourth-order valence-corrected chi connectivity index (χ4v) is 7.01. The second-order valence-electron chi connectivity index (χ2n) is 13.4. The lowest BCUT2D eigenvalue weighted by Crippen LogP contribution is -2.56. The minimum atomic E-state index is -1.05. The Morgan fingerprint density at radius 3 is 2.10 bits per heavy atom. The maximum atomic E-state index is 14.2. The van der Waals surface area contributed by atoms with Crippen LogP contribution in [0.25, 0.3) is 0 Å². The summed E-state index contributed by atoms with van der Waals surface area (Å²) in [6.45, 7) is 10.2. The number of aliphatic hydroxyl groups is 1. The third-order valence-corrected chi connectivity index (χ3v) is 10.6. The van der Waals surface area contributed by atoms with Gasteiger partial charge in [0.2, 0.25) is 5.91 Å². The number of aromatic nitrogens is 2. The highest BCUT2D eigenvalue weighted by molar-refractivity contribution is 7.09. The molecule has 13 heteroatoms.